The number of nitrogens with zero attached hydrogens (tertiary/aromatic N) is 1. The van der Waals surface area contributed by atoms with Gasteiger partial charge in [0.05, 0.1) is 26.2 Å². The summed E-state index contributed by atoms with van der Waals surface area (Å²) in [5.74, 6) is 0. The molecule has 0 rings (SSSR count). The van der Waals surface area contributed by atoms with Gasteiger partial charge in [-0.1, -0.05) is 0 Å². The molecular formula is C8H20AsF6N. The molecule has 8 heteroatoms. The van der Waals surface area contributed by atoms with E-state index in [0.29, 0.717) is 0 Å². The Bertz CT molecular complexity index is 175. The van der Waals surface area contributed by atoms with Gasteiger partial charge in [-0.05, 0) is 27.7 Å². The van der Waals surface area contributed by atoms with E-state index >= 15 is 0 Å². The topological polar surface area (TPSA) is 0 Å². The number of quaternary nitrogens is 1. The van der Waals surface area contributed by atoms with E-state index in [0.717, 1.165) is 0 Å². The van der Waals surface area contributed by atoms with Gasteiger partial charge < -0.3 is 4.48 Å². The van der Waals surface area contributed by atoms with E-state index in [-0.39, 0.29) is 0 Å². The van der Waals surface area contributed by atoms with Gasteiger partial charge in [-0.2, -0.15) is 0 Å². The molecule has 0 saturated carbocycles. The van der Waals surface area contributed by atoms with Crippen LogP contribution in [0.25, 0.3) is 0 Å². The molecule has 0 fully saturated rings. The Morgan fingerprint density at radius 1 is 0.625 bits per heavy atom. The summed E-state index contributed by atoms with van der Waals surface area (Å²) < 4.78 is 60.7. The van der Waals surface area contributed by atoms with Crippen LogP contribution in [0.3, 0.4) is 0 Å². The predicted octanol–water partition coefficient (Wildman–Crippen LogP) is 4.02. The summed E-state index contributed by atoms with van der Waals surface area (Å²) in [5.41, 5.74) is 0. The molecule has 0 N–H and O–H groups in total. The summed E-state index contributed by atoms with van der Waals surface area (Å²) in [4.78, 5) is 0. The van der Waals surface area contributed by atoms with Crippen LogP contribution in [0.5, 0.6) is 0 Å². The van der Waals surface area contributed by atoms with E-state index < -0.39 is 14.2 Å². The van der Waals surface area contributed by atoms with Crippen molar-refractivity contribution in [2.75, 3.05) is 26.2 Å². The minimum atomic E-state index is -11.1. The van der Waals surface area contributed by atoms with Gasteiger partial charge in [0.15, 0.2) is 0 Å². The first-order valence-electron chi connectivity index (χ1n) is 5.11. The Kier molecular flexibility index (Phi) is 5.50. The molecule has 1 nitrogen and oxygen atoms in total. The van der Waals surface area contributed by atoms with E-state index in [2.05, 4.69) is 27.7 Å². The van der Waals surface area contributed by atoms with Crippen LogP contribution in [-0.2, 0) is 0 Å². The fourth-order valence-electron chi connectivity index (χ4n) is 1.34. The van der Waals surface area contributed by atoms with Crippen LogP contribution in [0.2, 0.25) is 0 Å². The van der Waals surface area contributed by atoms with Crippen LogP contribution < -0.4 is 0 Å². The first kappa shape index (κ1) is 18.5. The maximum absolute atomic E-state index is 11.1. The van der Waals surface area contributed by atoms with Crippen LogP contribution in [0.15, 0.2) is 0 Å². The normalized spacial score (nSPS) is 16.9. The molecule has 0 unspecified atom stereocenters. The van der Waals surface area contributed by atoms with Gasteiger partial charge in [-0.15, -0.1) is 0 Å². The van der Waals surface area contributed by atoms with Crippen molar-refractivity contribution in [3.05, 3.63) is 0 Å². The monoisotopic (exact) mass is 319 g/mol. The van der Waals surface area contributed by atoms with Gasteiger partial charge in [-0.3, -0.25) is 0 Å². The van der Waals surface area contributed by atoms with Gasteiger partial charge in [0, 0.05) is 0 Å². The molecule has 0 amide bonds. The molecule has 0 bridgehead atoms. The molecule has 0 aromatic heterocycles. The van der Waals surface area contributed by atoms with Crippen molar-refractivity contribution in [3.63, 3.8) is 0 Å². The predicted molar refractivity (Wildman–Crippen MR) is 54.8 cm³/mol. The summed E-state index contributed by atoms with van der Waals surface area (Å²) in [7, 11) is 0. The fraction of sp³-hybridized carbons (Fsp3) is 1.00. The van der Waals surface area contributed by atoms with Gasteiger partial charge in [0.2, 0.25) is 0 Å². The van der Waals surface area contributed by atoms with Gasteiger partial charge >= 0.3 is 35.0 Å². The first-order valence-corrected chi connectivity index (χ1v) is 9.36. The average Bonchev–Trinajstić information content (AvgIpc) is 2.04. The third-order valence-electron chi connectivity index (χ3n) is 2.68. The Balaban J connectivity index is 0. The first-order chi connectivity index (χ1) is 6.69. The second-order valence-corrected chi connectivity index (χ2v) is 7.59. The zero-order valence-electron chi connectivity index (χ0n) is 9.99. The van der Waals surface area contributed by atoms with Crippen molar-refractivity contribution in [3.8, 4) is 0 Å². The standard InChI is InChI=1S/C8H20N.AsF6/c1-5-9(6-2,7-3)8-4;2-1(3,4,5,6)7/h5-8H2,1-4H3;/q+1;-1. The molecule has 0 aliphatic heterocycles. The van der Waals surface area contributed by atoms with Crippen molar-refractivity contribution in [2.24, 2.45) is 0 Å². The van der Waals surface area contributed by atoms with Crippen molar-refractivity contribution in [2.45, 2.75) is 27.7 Å². The maximum atomic E-state index is 9.91. The number of halogens is 6. The van der Waals surface area contributed by atoms with E-state index in [1.54, 1.807) is 0 Å². The molecule has 0 saturated heterocycles. The van der Waals surface area contributed by atoms with E-state index in [9.17, 15) is 20.8 Å². The van der Waals surface area contributed by atoms with E-state index in [1.807, 2.05) is 0 Å². The molecule has 0 spiro atoms. The molecule has 0 aliphatic carbocycles. The van der Waals surface area contributed by atoms with Crippen molar-refractivity contribution >= 4 is 14.2 Å². The molecule has 0 heterocycles. The second kappa shape index (κ2) is 4.76. The van der Waals surface area contributed by atoms with Crippen LogP contribution in [0.4, 0.5) is 20.8 Å². The average molecular weight is 319 g/mol. The number of hydrogen-bond donors (Lipinski definition) is 0. The summed E-state index contributed by atoms with van der Waals surface area (Å²) in [6, 6.07) is 0. The minimum absolute atomic E-state index is 1.28. The molecule has 16 heavy (non-hydrogen) atoms. The summed E-state index contributed by atoms with van der Waals surface area (Å²) in [6.07, 6.45) is 0. The van der Waals surface area contributed by atoms with Crippen LogP contribution in [0, 0.1) is 0 Å². The zero-order chi connectivity index (χ0) is 13.7. The quantitative estimate of drug-likeness (QED) is 0.417. The summed E-state index contributed by atoms with van der Waals surface area (Å²) >= 11 is -11.1. The summed E-state index contributed by atoms with van der Waals surface area (Å²) in [5, 5.41) is 0. The van der Waals surface area contributed by atoms with E-state index in [1.165, 1.54) is 30.7 Å². The van der Waals surface area contributed by atoms with Crippen LogP contribution in [-0.4, -0.2) is 44.8 Å². The molecule has 0 aromatic rings. The third kappa shape index (κ3) is 16.5. The Morgan fingerprint density at radius 3 is 0.750 bits per heavy atom. The van der Waals surface area contributed by atoms with Crippen LogP contribution >= 0.6 is 0 Å². The molecule has 0 aromatic carbocycles. The Hall–Kier alpha value is 0.0984. The van der Waals surface area contributed by atoms with Crippen LogP contribution in [0.1, 0.15) is 27.7 Å². The van der Waals surface area contributed by atoms with Gasteiger partial charge in [0.25, 0.3) is 0 Å². The van der Waals surface area contributed by atoms with Crippen molar-refractivity contribution in [1.29, 1.82) is 0 Å². The molecule has 0 aliphatic rings. The van der Waals surface area contributed by atoms with E-state index in [4.69, 9.17) is 0 Å². The second-order valence-electron chi connectivity index (χ2n) is 3.56. The number of hydrogen-bond acceptors (Lipinski definition) is 0. The molecular weight excluding hydrogens is 299 g/mol. The zero-order valence-corrected chi connectivity index (χ0v) is 11.9. The van der Waals surface area contributed by atoms with Gasteiger partial charge in [-0.25, -0.2) is 0 Å². The fourth-order valence-corrected chi connectivity index (χ4v) is 1.34. The SMILES string of the molecule is CC[N+](CC)(CC)CC.F[As-](F)(F)(F)(F)F. The number of rotatable bonds is 4. The molecule has 0 atom stereocenters. The Morgan fingerprint density at radius 2 is 0.750 bits per heavy atom. The van der Waals surface area contributed by atoms with Gasteiger partial charge in [0.1, 0.15) is 0 Å². The van der Waals surface area contributed by atoms with Crippen molar-refractivity contribution in [1.82, 2.24) is 0 Å². The third-order valence-corrected chi connectivity index (χ3v) is 2.68. The molecule has 0 radical (unpaired) electrons. The van der Waals surface area contributed by atoms with Crippen molar-refractivity contribution < 1.29 is 25.3 Å². The Labute approximate surface area is 93.9 Å². The summed E-state index contributed by atoms with van der Waals surface area (Å²) in [6.45, 7) is 14.2. The molecule has 104 valence electrons.